The summed E-state index contributed by atoms with van der Waals surface area (Å²) in [6.07, 6.45) is 0. The van der Waals surface area contributed by atoms with Gasteiger partial charge in [0.15, 0.2) is 0 Å². The van der Waals surface area contributed by atoms with Gasteiger partial charge in [0.25, 0.3) is 0 Å². The van der Waals surface area contributed by atoms with Crippen LogP contribution in [0.5, 0.6) is 11.5 Å². The molecule has 2 rings (SSSR count). The van der Waals surface area contributed by atoms with Gasteiger partial charge in [-0.15, -0.1) is 10.2 Å². The summed E-state index contributed by atoms with van der Waals surface area (Å²) in [5.74, 6) is 2.17. The van der Waals surface area contributed by atoms with Crippen LogP contribution in [0.3, 0.4) is 0 Å². The van der Waals surface area contributed by atoms with Crippen molar-refractivity contribution >= 4 is 11.6 Å². The van der Waals surface area contributed by atoms with Gasteiger partial charge in [0.05, 0.1) is 18.9 Å². The van der Waals surface area contributed by atoms with Gasteiger partial charge in [-0.25, -0.2) is 0 Å². The fourth-order valence-corrected chi connectivity index (χ4v) is 2.07. The number of aromatic nitrogens is 3. The summed E-state index contributed by atoms with van der Waals surface area (Å²) in [5.41, 5.74) is 0.778. The van der Waals surface area contributed by atoms with Gasteiger partial charge in [0, 0.05) is 6.07 Å². The van der Waals surface area contributed by atoms with Gasteiger partial charge in [-0.05, 0) is 44.5 Å². The van der Waals surface area contributed by atoms with E-state index < -0.39 is 0 Å². The Balaban J connectivity index is 2.54. The average molecular weight is 282 g/mol. The first-order valence-corrected chi connectivity index (χ1v) is 6.52. The number of nitrogens with zero attached hydrogens (tertiary/aromatic N) is 3. The number of rotatable bonds is 5. The summed E-state index contributed by atoms with van der Waals surface area (Å²) in [6, 6.07) is 5.60. The van der Waals surface area contributed by atoms with Crippen molar-refractivity contribution in [1.29, 1.82) is 0 Å². The lowest BCUT2D eigenvalue weighted by Gasteiger charge is -2.14. The predicted molar refractivity (Wildman–Crippen MR) is 73.4 cm³/mol. The second-order valence-corrected chi connectivity index (χ2v) is 4.19. The van der Waals surface area contributed by atoms with Crippen LogP contribution in [-0.2, 0) is 0 Å². The fourth-order valence-electron chi connectivity index (χ4n) is 1.82. The van der Waals surface area contributed by atoms with E-state index >= 15 is 0 Å². The minimum Gasteiger partial charge on any atom is -0.494 e. The van der Waals surface area contributed by atoms with E-state index in [4.69, 9.17) is 21.1 Å². The molecule has 0 bridgehead atoms. The lowest BCUT2D eigenvalue weighted by atomic mass is 10.2. The molecular weight excluding hydrogens is 266 g/mol. The Morgan fingerprint density at radius 2 is 1.89 bits per heavy atom. The Bertz CT molecular complexity index is 550. The van der Waals surface area contributed by atoms with E-state index in [2.05, 4.69) is 10.2 Å². The molecule has 0 fully saturated rings. The molecule has 1 aromatic carbocycles. The third-order valence-electron chi connectivity index (χ3n) is 2.57. The van der Waals surface area contributed by atoms with E-state index in [9.17, 15) is 0 Å². The molecule has 0 unspecified atom stereocenters. The molecule has 0 N–H and O–H groups in total. The summed E-state index contributed by atoms with van der Waals surface area (Å²) in [5, 5.41) is 8.10. The first-order chi connectivity index (χ1) is 9.17. The number of halogens is 1. The molecule has 0 saturated carbocycles. The van der Waals surface area contributed by atoms with Crippen LogP contribution in [0, 0.1) is 6.92 Å². The molecule has 0 aliphatic carbocycles. The van der Waals surface area contributed by atoms with Crippen molar-refractivity contribution in [2.45, 2.75) is 20.8 Å². The maximum atomic E-state index is 6.07. The quantitative estimate of drug-likeness (QED) is 0.845. The van der Waals surface area contributed by atoms with Crippen LogP contribution in [0.2, 0.25) is 5.28 Å². The van der Waals surface area contributed by atoms with Crippen molar-refractivity contribution in [3.63, 3.8) is 0 Å². The second kappa shape index (κ2) is 5.93. The molecule has 102 valence electrons. The van der Waals surface area contributed by atoms with E-state index in [0.29, 0.717) is 24.3 Å². The normalized spacial score (nSPS) is 10.5. The molecule has 0 radical (unpaired) electrons. The highest BCUT2D eigenvalue weighted by molar-refractivity contribution is 6.28. The number of hydrogen-bond acceptors (Lipinski definition) is 4. The largest absolute Gasteiger partial charge is 0.494 e. The SMILES string of the molecule is CCOc1ccc(OCC)c(-n2c(C)nnc2Cl)c1. The predicted octanol–water partition coefficient (Wildman–Crippen LogP) is 3.03. The molecule has 2 aromatic rings. The van der Waals surface area contributed by atoms with Gasteiger partial charge >= 0.3 is 0 Å². The highest BCUT2D eigenvalue weighted by atomic mass is 35.5. The van der Waals surface area contributed by atoms with Crippen LogP contribution < -0.4 is 9.47 Å². The number of aryl methyl sites for hydroxylation is 1. The van der Waals surface area contributed by atoms with E-state index in [1.807, 2.05) is 39.0 Å². The zero-order valence-electron chi connectivity index (χ0n) is 11.2. The monoisotopic (exact) mass is 281 g/mol. The van der Waals surface area contributed by atoms with E-state index in [0.717, 1.165) is 17.2 Å². The highest BCUT2D eigenvalue weighted by Gasteiger charge is 2.14. The first kappa shape index (κ1) is 13.7. The van der Waals surface area contributed by atoms with Crippen LogP contribution in [0.15, 0.2) is 18.2 Å². The summed E-state index contributed by atoms with van der Waals surface area (Å²) in [6.45, 7) is 6.87. The van der Waals surface area contributed by atoms with Gasteiger partial charge in [-0.2, -0.15) is 0 Å². The molecule has 0 saturated heterocycles. The molecule has 19 heavy (non-hydrogen) atoms. The van der Waals surface area contributed by atoms with Gasteiger partial charge in [0.2, 0.25) is 5.28 Å². The second-order valence-electron chi connectivity index (χ2n) is 3.85. The maximum Gasteiger partial charge on any atom is 0.229 e. The van der Waals surface area contributed by atoms with E-state index in [1.165, 1.54) is 0 Å². The Morgan fingerprint density at radius 1 is 1.16 bits per heavy atom. The molecule has 0 aliphatic heterocycles. The summed E-state index contributed by atoms with van der Waals surface area (Å²) in [4.78, 5) is 0. The zero-order chi connectivity index (χ0) is 13.8. The molecule has 0 aliphatic rings. The number of benzene rings is 1. The summed E-state index contributed by atoms with van der Waals surface area (Å²) in [7, 11) is 0. The summed E-state index contributed by atoms with van der Waals surface area (Å²) >= 11 is 6.07. The molecule has 1 heterocycles. The van der Waals surface area contributed by atoms with Gasteiger partial charge in [-0.1, -0.05) is 0 Å². The lowest BCUT2D eigenvalue weighted by molar-refractivity contribution is 0.329. The van der Waals surface area contributed by atoms with Crippen molar-refractivity contribution in [2.75, 3.05) is 13.2 Å². The minimum absolute atomic E-state index is 0.298. The number of ether oxygens (including phenoxy) is 2. The minimum atomic E-state index is 0.298. The molecule has 0 amide bonds. The van der Waals surface area contributed by atoms with E-state index in [-0.39, 0.29) is 0 Å². The Labute approximate surface area is 117 Å². The van der Waals surface area contributed by atoms with E-state index in [1.54, 1.807) is 4.57 Å². The van der Waals surface area contributed by atoms with Gasteiger partial charge < -0.3 is 9.47 Å². The molecule has 0 spiro atoms. The standard InChI is InChI=1S/C13H16ClN3O2/c1-4-18-10-6-7-12(19-5-2)11(8-10)17-9(3)15-16-13(17)14/h6-8H,4-5H2,1-3H3. The third-order valence-corrected chi connectivity index (χ3v) is 2.81. The van der Waals surface area contributed by atoms with Crippen LogP contribution >= 0.6 is 11.6 Å². The Hall–Kier alpha value is -1.75. The number of hydrogen-bond donors (Lipinski definition) is 0. The first-order valence-electron chi connectivity index (χ1n) is 6.14. The fraction of sp³-hybridized carbons (Fsp3) is 0.385. The van der Waals surface area contributed by atoms with Crippen LogP contribution in [-0.4, -0.2) is 28.0 Å². The van der Waals surface area contributed by atoms with Crippen LogP contribution in [0.4, 0.5) is 0 Å². The Kier molecular flexibility index (Phi) is 4.27. The third kappa shape index (κ3) is 2.81. The van der Waals surface area contributed by atoms with Gasteiger partial charge in [0.1, 0.15) is 17.3 Å². The lowest BCUT2D eigenvalue weighted by Crippen LogP contribution is -2.03. The zero-order valence-corrected chi connectivity index (χ0v) is 11.9. The van der Waals surface area contributed by atoms with Crippen molar-refractivity contribution < 1.29 is 9.47 Å². The summed E-state index contributed by atoms with van der Waals surface area (Å²) < 4.78 is 12.8. The average Bonchev–Trinajstić information content (AvgIpc) is 2.72. The van der Waals surface area contributed by atoms with Crippen molar-refractivity contribution in [3.05, 3.63) is 29.3 Å². The van der Waals surface area contributed by atoms with Gasteiger partial charge in [-0.3, -0.25) is 4.57 Å². The topological polar surface area (TPSA) is 49.2 Å². The smallest absolute Gasteiger partial charge is 0.229 e. The van der Waals surface area contributed by atoms with Crippen molar-refractivity contribution in [1.82, 2.24) is 14.8 Å². The molecular formula is C13H16ClN3O2. The Morgan fingerprint density at radius 3 is 2.47 bits per heavy atom. The highest BCUT2D eigenvalue weighted by Crippen LogP contribution is 2.30. The maximum absolute atomic E-state index is 6.07. The molecule has 0 atom stereocenters. The van der Waals surface area contributed by atoms with Crippen molar-refractivity contribution in [3.8, 4) is 17.2 Å². The molecule has 1 aromatic heterocycles. The molecule has 5 nitrogen and oxygen atoms in total. The van der Waals surface area contributed by atoms with Crippen LogP contribution in [0.25, 0.3) is 5.69 Å². The van der Waals surface area contributed by atoms with Crippen LogP contribution in [0.1, 0.15) is 19.7 Å². The molecule has 6 heteroatoms. The van der Waals surface area contributed by atoms with Crippen molar-refractivity contribution in [2.24, 2.45) is 0 Å².